The zero-order chi connectivity index (χ0) is 10.1. The summed E-state index contributed by atoms with van der Waals surface area (Å²) in [6, 6.07) is 0. The van der Waals surface area contributed by atoms with E-state index < -0.39 is 0 Å². The summed E-state index contributed by atoms with van der Waals surface area (Å²) in [5.41, 5.74) is 4.01. The van der Waals surface area contributed by atoms with E-state index in [-0.39, 0.29) is 6.61 Å². The Morgan fingerprint density at radius 3 is 2.93 bits per heavy atom. The largest absolute Gasteiger partial charge is 0.396 e. The molecule has 0 bridgehead atoms. The number of aliphatic hydroxyl groups excluding tert-OH is 1. The number of rotatable bonds is 2. The van der Waals surface area contributed by atoms with Crippen LogP contribution in [0.2, 0.25) is 0 Å². The lowest BCUT2D eigenvalue weighted by atomic mass is 10.2. The zero-order valence-electron chi connectivity index (χ0n) is 8.36. The highest BCUT2D eigenvalue weighted by Crippen LogP contribution is 2.11. The predicted molar refractivity (Wildman–Crippen MR) is 53.3 cm³/mol. The second-order valence-corrected chi connectivity index (χ2v) is 3.41. The van der Waals surface area contributed by atoms with E-state index in [4.69, 9.17) is 5.11 Å². The second kappa shape index (κ2) is 3.38. The lowest BCUT2D eigenvalue weighted by Crippen LogP contribution is -1.97. The van der Waals surface area contributed by atoms with E-state index in [1.807, 2.05) is 20.0 Å². The van der Waals surface area contributed by atoms with Crippen LogP contribution in [0.15, 0.2) is 12.4 Å². The second-order valence-electron chi connectivity index (χ2n) is 3.41. The van der Waals surface area contributed by atoms with Gasteiger partial charge in [-0.2, -0.15) is 5.10 Å². The van der Waals surface area contributed by atoms with Crippen molar-refractivity contribution in [2.75, 3.05) is 6.61 Å². The van der Waals surface area contributed by atoms with Gasteiger partial charge in [-0.1, -0.05) is 0 Å². The van der Waals surface area contributed by atoms with Crippen LogP contribution in [0, 0.1) is 13.8 Å². The minimum atomic E-state index is 0.145. The summed E-state index contributed by atoms with van der Waals surface area (Å²) in [6.45, 7) is 4.12. The van der Waals surface area contributed by atoms with Crippen LogP contribution in [0.4, 0.5) is 0 Å². The van der Waals surface area contributed by atoms with Crippen molar-refractivity contribution in [3.8, 4) is 0 Å². The summed E-state index contributed by atoms with van der Waals surface area (Å²) in [4.78, 5) is 4.31. The third-order valence-electron chi connectivity index (χ3n) is 2.39. The minimum absolute atomic E-state index is 0.145. The maximum absolute atomic E-state index is 8.79. The first-order valence-electron chi connectivity index (χ1n) is 4.63. The Balaban J connectivity index is 2.56. The smallest absolute Gasteiger partial charge is 0.158 e. The molecule has 0 aliphatic heterocycles. The molecule has 0 radical (unpaired) electrons. The van der Waals surface area contributed by atoms with Crippen molar-refractivity contribution in [2.24, 2.45) is 0 Å². The maximum atomic E-state index is 8.79. The SMILES string of the molecule is Cc1nn2cc(CCO)cnc2c1C. The van der Waals surface area contributed by atoms with Crippen LogP contribution in [0.25, 0.3) is 5.65 Å². The first-order chi connectivity index (χ1) is 6.72. The fraction of sp³-hybridized carbons (Fsp3) is 0.400. The molecular formula is C10H13N3O. The highest BCUT2D eigenvalue weighted by atomic mass is 16.2. The Hall–Kier alpha value is -1.42. The molecule has 74 valence electrons. The van der Waals surface area contributed by atoms with Gasteiger partial charge in [0.1, 0.15) is 0 Å². The van der Waals surface area contributed by atoms with Gasteiger partial charge in [0.05, 0.1) is 5.69 Å². The molecule has 2 rings (SSSR count). The average molecular weight is 191 g/mol. The number of aryl methyl sites for hydroxylation is 2. The summed E-state index contributed by atoms with van der Waals surface area (Å²) in [6.07, 6.45) is 4.33. The fourth-order valence-electron chi connectivity index (χ4n) is 1.46. The standard InChI is InChI=1S/C10H13N3O/c1-7-8(2)12-13-6-9(3-4-14)5-11-10(7)13/h5-6,14H,3-4H2,1-2H3. The molecule has 0 saturated carbocycles. The molecule has 2 aromatic heterocycles. The lowest BCUT2D eigenvalue weighted by molar-refractivity contribution is 0.299. The molecule has 0 aliphatic carbocycles. The van der Waals surface area contributed by atoms with E-state index in [9.17, 15) is 0 Å². The van der Waals surface area contributed by atoms with Gasteiger partial charge in [-0.25, -0.2) is 9.50 Å². The van der Waals surface area contributed by atoms with Gasteiger partial charge in [-0.05, 0) is 25.8 Å². The molecule has 4 heteroatoms. The third kappa shape index (κ3) is 1.37. The Bertz CT molecular complexity index is 462. The number of aliphatic hydroxyl groups is 1. The van der Waals surface area contributed by atoms with Gasteiger partial charge < -0.3 is 5.11 Å². The molecule has 0 aromatic carbocycles. The molecule has 2 heterocycles. The third-order valence-corrected chi connectivity index (χ3v) is 2.39. The maximum Gasteiger partial charge on any atom is 0.158 e. The first kappa shape index (κ1) is 9.15. The molecule has 0 unspecified atom stereocenters. The lowest BCUT2D eigenvalue weighted by Gasteiger charge is -1.98. The highest BCUT2D eigenvalue weighted by Gasteiger charge is 2.05. The molecule has 4 nitrogen and oxygen atoms in total. The zero-order valence-corrected chi connectivity index (χ0v) is 8.36. The Morgan fingerprint density at radius 1 is 1.43 bits per heavy atom. The van der Waals surface area contributed by atoms with E-state index in [2.05, 4.69) is 10.1 Å². The number of fused-ring (bicyclic) bond motifs is 1. The number of aromatic nitrogens is 3. The van der Waals surface area contributed by atoms with Gasteiger partial charge in [0, 0.05) is 24.6 Å². The molecular weight excluding hydrogens is 178 g/mol. The van der Waals surface area contributed by atoms with Crippen molar-refractivity contribution < 1.29 is 5.11 Å². The van der Waals surface area contributed by atoms with Crippen molar-refractivity contribution in [1.82, 2.24) is 14.6 Å². The van der Waals surface area contributed by atoms with Crippen LogP contribution in [0.5, 0.6) is 0 Å². The van der Waals surface area contributed by atoms with Crippen LogP contribution in [-0.4, -0.2) is 26.3 Å². The van der Waals surface area contributed by atoms with Crippen LogP contribution < -0.4 is 0 Å². The Morgan fingerprint density at radius 2 is 2.21 bits per heavy atom. The molecule has 2 aromatic rings. The van der Waals surface area contributed by atoms with E-state index in [0.29, 0.717) is 6.42 Å². The van der Waals surface area contributed by atoms with Crippen molar-refractivity contribution >= 4 is 5.65 Å². The van der Waals surface area contributed by atoms with E-state index in [1.54, 1.807) is 10.7 Å². The predicted octanol–water partition coefficient (Wildman–Crippen LogP) is 0.881. The number of nitrogens with zero attached hydrogens (tertiary/aromatic N) is 3. The Labute approximate surface area is 82.2 Å². The van der Waals surface area contributed by atoms with Gasteiger partial charge in [0.2, 0.25) is 0 Å². The molecule has 0 saturated heterocycles. The molecule has 0 amide bonds. The normalized spacial score (nSPS) is 11.1. The monoisotopic (exact) mass is 191 g/mol. The van der Waals surface area contributed by atoms with Gasteiger partial charge in [-0.15, -0.1) is 0 Å². The Kier molecular flexibility index (Phi) is 2.21. The van der Waals surface area contributed by atoms with E-state index in [0.717, 1.165) is 22.5 Å². The molecule has 0 fully saturated rings. The first-order valence-corrected chi connectivity index (χ1v) is 4.63. The topological polar surface area (TPSA) is 50.4 Å². The average Bonchev–Trinajstić information content (AvgIpc) is 2.43. The minimum Gasteiger partial charge on any atom is -0.396 e. The van der Waals surface area contributed by atoms with Gasteiger partial charge in [0.25, 0.3) is 0 Å². The van der Waals surface area contributed by atoms with E-state index in [1.165, 1.54) is 0 Å². The summed E-state index contributed by atoms with van der Waals surface area (Å²) < 4.78 is 1.77. The molecule has 0 aliphatic rings. The van der Waals surface area contributed by atoms with Gasteiger partial charge >= 0.3 is 0 Å². The van der Waals surface area contributed by atoms with Gasteiger partial charge in [-0.3, -0.25) is 0 Å². The van der Waals surface area contributed by atoms with Crippen molar-refractivity contribution in [3.63, 3.8) is 0 Å². The number of hydrogen-bond acceptors (Lipinski definition) is 3. The van der Waals surface area contributed by atoms with Crippen molar-refractivity contribution in [3.05, 3.63) is 29.2 Å². The van der Waals surface area contributed by atoms with E-state index >= 15 is 0 Å². The fourth-order valence-corrected chi connectivity index (χ4v) is 1.46. The quantitative estimate of drug-likeness (QED) is 0.766. The van der Waals surface area contributed by atoms with Crippen LogP contribution in [0.3, 0.4) is 0 Å². The highest BCUT2D eigenvalue weighted by molar-refractivity contribution is 5.48. The summed E-state index contributed by atoms with van der Waals surface area (Å²) in [5.74, 6) is 0. The molecule has 0 atom stereocenters. The van der Waals surface area contributed by atoms with Crippen LogP contribution in [-0.2, 0) is 6.42 Å². The molecule has 0 spiro atoms. The van der Waals surface area contributed by atoms with Crippen molar-refractivity contribution in [2.45, 2.75) is 20.3 Å². The van der Waals surface area contributed by atoms with Crippen molar-refractivity contribution in [1.29, 1.82) is 0 Å². The summed E-state index contributed by atoms with van der Waals surface area (Å²) in [7, 11) is 0. The molecule has 14 heavy (non-hydrogen) atoms. The summed E-state index contributed by atoms with van der Waals surface area (Å²) >= 11 is 0. The van der Waals surface area contributed by atoms with Crippen LogP contribution in [0.1, 0.15) is 16.8 Å². The molecule has 1 N–H and O–H groups in total. The van der Waals surface area contributed by atoms with Crippen LogP contribution >= 0.6 is 0 Å². The van der Waals surface area contributed by atoms with Gasteiger partial charge in [0.15, 0.2) is 5.65 Å². The number of hydrogen-bond donors (Lipinski definition) is 1. The summed E-state index contributed by atoms with van der Waals surface area (Å²) in [5, 5.41) is 13.1.